The number of allylic oxidation sites excluding steroid dienone is 4. The van der Waals surface area contributed by atoms with Crippen molar-refractivity contribution in [3.05, 3.63) is 23.8 Å². The minimum atomic E-state index is 0.292. The fraction of sp³-hybridized carbons (Fsp3) is 0.636. The highest BCUT2D eigenvalue weighted by Crippen LogP contribution is 2.20. The van der Waals surface area contributed by atoms with E-state index in [1.54, 1.807) is 0 Å². The normalized spacial score (nSPS) is 25.2. The molecule has 0 radical (unpaired) electrons. The SMILES string of the molecule is CC1C=CC(CC(C)CO)=CC1. The molecule has 1 aliphatic rings. The molecule has 0 fully saturated rings. The molecule has 68 valence electrons. The maximum absolute atomic E-state index is 8.87. The topological polar surface area (TPSA) is 20.2 Å². The molecule has 0 aromatic heterocycles. The van der Waals surface area contributed by atoms with E-state index in [9.17, 15) is 0 Å². The van der Waals surface area contributed by atoms with Gasteiger partial charge in [-0.3, -0.25) is 0 Å². The summed E-state index contributed by atoms with van der Waals surface area (Å²) in [7, 11) is 0. The molecular formula is C11H18O. The predicted molar refractivity (Wildman–Crippen MR) is 51.9 cm³/mol. The van der Waals surface area contributed by atoms with Crippen molar-refractivity contribution in [3.8, 4) is 0 Å². The van der Waals surface area contributed by atoms with Gasteiger partial charge in [-0.1, -0.05) is 37.6 Å². The van der Waals surface area contributed by atoms with Gasteiger partial charge in [0.1, 0.15) is 0 Å². The molecule has 0 spiro atoms. The molecule has 1 N–H and O–H groups in total. The summed E-state index contributed by atoms with van der Waals surface area (Å²) in [5, 5.41) is 8.87. The molecule has 0 saturated carbocycles. The van der Waals surface area contributed by atoms with Gasteiger partial charge in [0.05, 0.1) is 0 Å². The second-order valence-corrected chi connectivity index (χ2v) is 3.84. The van der Waals surface area contributed by atoms with Crippen molar-refractivity contribution >= 4 is 0 Å². The monoisotopic (exact) mass is 166 g/mol. The second-order valence-electron chi connectivity index (χ2n) is 3.84. The second kappa shape index (κ2) is 4.46. The van der Waals surface area contributed by atoms with E-state index in [2.05, 4.69) is 32.1 Å². The molecule has 0 aromatic carbocycles. The number of hydrogen-bond donors (Lipinski definition) is 1. The first-order chi connectivity index (χ1) is 5.72. The fourth-order valence-corrected chi connectivity index (χ4v) is 1.39. The lowest BCUT2D eigenvalue weighted by atomic mass is 9.93. The first-order valence-electron chi connectivity index (χ1n) is 4.70. The van der Waals surface area contributed by atoms with Gasteiger partial charge in [-0.05, 0) is 24.7 Å². The molecule has 0 heterocycles. The molecule has 0 amide bonds. The van der Waals surface area contributed by atoms with Crippen molar-refractivity contribution in [3.63, 3.8) is 0 Å². The molecule has 1 nitrogen and oxygen atoms in total. The Kier molecular flexibility index (Phi) is 3.54. The molecule has 0 bridgehead atoms. The van der Waals surface area contributed by atoms with E-state index in [0.717, 1.165) is 12.8 Å². The molecular weight excluding hydrogens is 148 g/mol. The van der Waals surface area contributed by atoms with E-state index in [1.165, 1.54) is 5.57 Å². The minimum absolute atomic E-state index is 0.292. The summed E-state index contributed by atoms with van der Waals surface area (Å²) in [5.41, 5.74) is 1.38. The van der Waals surface area contributed by atoms with Gasteiger partial charge < -0.3 is 5.11 Å². The summed E-state index contributed by atoms with van der Waals surface area (Å²) in [4.78, 5) is 0. The van der Waals surface area contributed by atoms with Crippen LogP contribution in [0.5, 0.6) is 0 Å². The van der Waals surface area contributed by atoms with E-state index < -0.39 is 0 Å². The lowest BCUT2D eigenvalue weighted by Crippen LogP contribution is -2.03. The largest absolute Gasteiger partial charge is 0.396 e. The van der Waals surface area contributed by atoms with Crippen molar-refractivity contribution in [2.24, 2.45) is 11.8 Å². The zero-order valence-corrected chi connectivity index (χ0v) is 7.96. The van der Waals surface area contributed by atoms with Crippen LogP contribution in [0.3, 0.4) is 0 Å². The van der Waals surface area contributed by atoms with Gasteiger partial charge in [-0.15, -0.1) is 0 Å². The Morgan fingerprint density at radius 2 is 2.42 bits per heavy atom. The Bertz CT molecular complexity index is 191. The number of aliphatic hydroxyl groups is 1. The Morgan fingerprint density at radius 3 is 2.92 bits per heavy atom. The Labute approximate surface area is 74.8 Å². The first kappa shape index (κ1) is 9.53. The third-order valence-electron chi connectivity index (χ3n) is 2.29. The highest BCUT2D eigenvalue weighted by atomic mass is 16.3. The number of aliphatic hydroxyl groups excluding tert-OH is 1. The van der Waals surface area contributed by atoms with Crippen LogP contribution in [0.25, 0.3) is 0 Å². The zero-order valence-electron chi connectivity index (χ0n) is 7.96. The van der Waals surface area contributed by atoms with Crippen molar-refractivity contribution in [1.29, 1.82) is 0 Å². The molecule has 0 aromatic rings. The van der Waals surface area contributed by atoms with Crippen LogP contribution >= 0.6 is 0 Å². The van der Waals surface area contributed by atoms with Crippen molar-refractivity contribution in [2.75, 3.05) is 6.61 Å². The van der Waals surface area contributed by atoms with Gasteiger partial charge in [-0.2, -0.15) is 0 Å². The summed E-state index contributed by atoms with van der Waals surface area (Å²) in [6.07, 6.45) is 8.90. The molecule has 1 heteroatoms. The van der Waals surface area contributed by atoms with Crippen LogP contribution in [0.2, 0.25) is 0 Å². The minimum Gasteiger partial charge on any atom is -0.396 e. The molecule has 2 unspecified atom stereocenters. The van der Waals surface area contributed by atoms with Gasteiger partial charge in [0.15, 0.2) is 0 Å². The van der Waals surface area contributed by atoms with E-state index in [4.69, 9.17) is 5.11 Å². The van der Waals surface area contributed by atoms with Gasteiger partial charge in [0.25, 0.3) is 0 Å². The number of hydrogen-bond acceptors (Lipinski definition) is 1. The summed E-state index contributed by atoms with van der Waals surface area (Å²) < 4.78 is 0. The fourth-order valence-electron chi connectivity index (χ4n) is 1.39. The zero-order chi connectivity index (χ0) is 8.97. The molecule has 0 saturated heterocycles. The predicted octanol–water partition coefficient (Wildman–Crippen LogP) is 2.53. The maximum atomic E-state index is 8.87. The quantitative estimate of drug-likeness (QED) is 0.683. The van der Waals surface area contributed by atoms with Crippen LogP contribution in [-0.4, -0.2) is 11.7 Å². The summed E-state index contributed by atoms with van der Waals surface area (Å²) in [6, 6.07) is 0. The summed E-state index contributed by atoms with van der Waals surface area (Å²) in [6.45, 7) is 4.59. The van der Waals surface area contributed by atoms with Gasteiger partial charge in [0.2, 0.25) is 0 Å². The first-order valence-corrected chi connectivity index (χ1v) is 4.70. The average molecular weight is 166 g/mol. The highest BCUT2D eigenvalue weighted by Gasteiger charge is 2.06. The maximum Gasteiger partial charge on any atom is 0.0459 e. The Balaban J connectivity index is 2.40. The van der Waals surface area contributed by atoms with Crippen LogP contribution in [0, 0.1) is 11.8 Å². The molecule has 1 aliphatic carbocycles. The molecule has 0 aliphatic heterocycles. The summed E-state index contributed by atoms with van der Waals surface area (Å²) >= 11 is 0. The standard InChI is InChI=1S/C11H18O/c1-9-3-5-11(6-4-9)7-10(2)8-12/h3,5-6,9-10,12H,4,7-8H2,1-2H3. The Morgan fingerprint density at radius 1 is 1.67 bits per heavy atom. The van der Waals surface area contributed by atoms with Gasteiger partial charge in [-0.25, -0.2) is 0 Å². The third kappa shape index (κ3) is 2.82. The van der Waals surface area contributed by atoms with E-state index >= 15 is 0 Å². The highest BCUT2D eigenvalue weighted by molar-refractivity contribution is 5.23. The van der Waals surface area contributed by atoms with Gasteiger partial charge in [0, 0.05) is 6.61 Å². The van der Waals surface area contributed by atoms with Gasteiger partial charge >= 0.3 is 0 Å². The molecule has 2 atom stereocenters. The van der Waals surface area contributed by atoms with Crippen LogP contribution in [0.4, 0.5) is 0 Å². The van der Waals surface area contributed by atoms with E-state index in [1.807, 2.05) is 0 Å². The lowest BCUT2D eigenvalue weighted by molar-refractivity contribution is 0.237. The molecule has 1 rings (SSSR count). The van der Waals surface area contributed by atoms with Crippen molar-refractivity contribution < 1.29 is 5.11 Å². The van der Waals surface area contributed by atoms with E-state index in [-0.39, 0.29) is 0 Å². The van der Waals surface area contributed by atoms with Crippen LogP contribution < -0.4 is 0 Å². The average Bonchev–Trinajstić information content (AvgIpc) is 2.09. The van der Waals surface area contributed by atoms with Crippen molar-refractivity contribution in [2.45, 2.75) is 26.7 Å². The third-order valence-corrected chi connectivity index (χ3v) is 2.29. The van der Waals surface area contributed by atoms with Crippen LogP contribution in [-0.2, 0) is 0 Å². The number of rotatable bonds is 3. The smallest absolute Gasteiger partial charge is 0.0459 e. The lowest BCUT2D eigenvalue weighted by Gasteiger charge is -2.14. The van der Waals surface area contributed by atoms with Crippen molar-refractivity contribution in [1.82, 2.24) is 0 Å². The Hall–Kier alpha value is -0.560. The van der Waals surface area contributed by atoms with E-state index in [0.29, 0.717) is 18.4 Å². The summed E-state index contributed by atoms with van der Waals surface area (Å²) in [5.74, 6) is 1.09. The van der Waals surface area contributed by atoms with Crippen LogP contribution in [0.15, 0.2) is 23.8 Å². The molecule has 12 heavy (non-hydrogen) atoms. The van der Waals surface area contributed by atoms with Crippen LogP contribution in [0.1, 0.15) is 26.7 Å².